The maximum atomic E-state index is 12.2. The summed E-state index contributed by atoms with van der Waals surface area (Å²) in [5, 5.41) is 25.9. The molecule has 0 aliphatic rings. The molecule has 0 spiro atoms. The van der Waals surface area contributed by atoms with Crippen LogP contribution in [0.25, 0.3) is 0 Å². The molecule has 0 saturated heterocycles. The van der Waals surface area contributed by atoms with Crippen molar-refractivity contribution in [3.8, 4) is 5.75 Å². The van der Waals surface area contributed by atoms with Gasteiger partial charge in [0.1, 0.15) is 24.6 Å². The van der Waals surface area contributed by atoms with Crippen molar-refractivity contribution in [1.29, 1.82) is 0 Å². The molecule has 2 aromatic rings. The molecule has 0 aliphatic carbocycles. The van der Waals surface area contributed by atoms with E-state index in [9.17, 15) is 28.5 Å². The summed E-state index contributed by atoms with van der Waals surface area (Å²) in [4.78, 5) is 33.1. The highest BCUT2D eigenvalue weighted by Crippen LogP contribution is 2.26. The number of alkyl halides is 2. The van der Waals surface area contributed by atoms with Gasteiger partial charge in [0.25, 0.3) is 12.1 Å². The molecule has 0 unspecified atom stereocenters. The highest BCUT2D eigenvalue weighted by Gasteiger charge is 2.16. The summed E-state index contributed by atoms with van der Waals surface area (Å²) in [5.74, 6) is -2.23. The Morgan fingerprint density at radius 3 is 2.73 bits per heavy atom. The predicted molar refractivity (Wildman–Crippen MR) is 82.4 cm³/mol. The lowest BCUT2D eigenvalue weighted by atomic mass is 10.2. The number of nitro groups is 1. The van der Waals surface area contributed by atoms with Crippen LogP contribution >= 0.6 is 0 Å². The monoisotopic (exact) mass is 370 g/mol. The summed E-state index contributed by atoms with van der Waals surface area (Å²) in [6, 6.07) is 4.27. The first-order chi connectivity index (χ1) is 12.3. The second-order valence-electron chi connectivity index (χ2n) is 4.90. The average Bonchev–Trinajstić information content (AvgIpc) is 3.00. The summed E-state index contributed by atoms with van der Waals surface area (Å²) in [5.41, 5.74) is -0.768. The molecule has 0 fully saturated rings. The Morgan fingerprint density at radius 1 is 1.38 bits per heavy atom. The fourth-order valence-corrected chi connectivity index (χ4v) is 1.98. The van der Waals surface area contributed by atoms with E-state index in [1.807, 2.05) is 0 Å². The van der Waals surface area contributed by atoms with Crippen molar-refractivity contribution in [2.75, 3.05) is 11.9 Å². The molecule has 138 valence electrons. The van der Waals surface area contributed by atoms with Crippen LogP contribution in [0.4, 0.5) is 20.2 Å². The first-order valence-electron chi connectivity index (χ1n) is 7.01. The van der Waals surface area contributed by atoms with Crippen molar-refractivity contribution in [1.82, 2.24) is 9.78 Å². The lowest BCUT2D eigenvalue weighted by Crippen LogP contribution is -2.22. The van der Waals surface area contributed by atoms with E-state index < -0.39 is 42.1 Å². The van der Waals surface area contributed by atoms with E-state index in [2.05, 4.69) is 10.4 Å². The average molecular weight is 370 g/mol. The third-order valence-electron chi connectivity index (χ3n) is 2.99. The predicted octanol–water partition coefficient (Wildman–Crippen LogP) is 1.77. The third kappa shape index (κ3) is 4.96. The molecule has 1 aromatic carbocycles. The van der Waals surface area contributed by atoms with Crippen molar-refractivity contribution in [3.05, 3.63) is 46.3 Å². The quantitative estimate of drug-likeness (QED) is 0.534. The van der Waals surface area contributed by atoms with E-state index in [-0.39, 0.29) is 17.1 Å². The number of carboxylic acid groups (broad SMARTS) is 1. The van der Waals surface area contributed by atoms with Crippen molar-refractivity contribution < 1.29 is 33.1 Å². The molecule has 2 N–H and O–H groups in total. The van der Waals surface area contributed by atoms with Gasteiger partial charge < -0.3 is 15.2 Å². The SMILES string of the molecule is O=C(Cn1nccc1C(=O)O)Nc1cc(OCC(F)F)cc([N+](=O)[O-])c1. The fraction of sp³-hybridized carbons (Fsp3) is 0.214. The molecule has 1 amide bonds. The molecule has 12 heteroatoms. The largest absolute Gasteiger partial charge is 0.487 e. The highest BCUT2D eigenvalue weighted by atomic mass is 19.3. The van der Waals surface area contributed by atoms with Crippen LogP contribution in [-0.4, -0.2) is 44.7 Å². The van der Waals surface area contributed by atoms with E-state index in [4.69, 9.17) is 9.84 Å². The van der Waals surface area contributed by atoms with Crippen molar-refractivity contribution >= 4 is 23.3 Å². The minimum Gasteiger partial charge on any atom is -0.487 e. The van der Waals surface area contributed by atoms with Crippen LogP contribution in [0.15, 0.2) is 30.5 Å². The van der Waals surface area contributed by atoms with E-state index >= 15 is 0 Å². The highest BCUT2D eigenvalue weighted by molar-refractivity contribution is 5.92. The Bertz CT molecular complexity index is 839. The minimum atomic E-state index is -2.78. The molecule has 0 bridgehead atoms. The molecule has 2 rings (SSSR count). The number of carboxylic acids is 1. The lowest BCUT2D eigenvalue weighted by molar-refractivity contribution is -0.384. The number of amides is 1. The molecule has 1 heterocycles. The van der Waals surface area contributed by atoms with Crippen molar-refractivity contribution in [2.24, 2.45) is 0 Å². The summed E-state index contributed by atoms with van der Waals surface area (Å²) < 4.78 is 30.1. The van der Waals surface area contributed by atoms with Gasteiger partial charge in [0, 0.05) is 18.3 Å². The Hall–Kier alpha value is -3.57. The maximum Gasteiger partial charge on any atom is 0.354 e. The summed E-state index contributed by atoms with van der Waals surface area (Å²) in [7, 11) is 0. The normalized spacial score (nSPS) is 10.6. The van der Waals surface area contributed by atoms with E-state index in [1.54, 1.807) is 0 Å². The van der Waals surface area contributed by atoms with Crippen LogP contribution in [0.1, 0.15) is 10.5 Å². The molecular weight excluding hydrogens is 358 g/mol. The number of anilines is 1. The molecule has 0 radical (unpaired) electrons. The number of benzene rings is 1. The minimum absolute atomic E-state index is 0.0718. The smallest absolute Gasteiger partial charge is 0.354 e. The van der Waals surface area contributed by atoms with Crippen molar-refractivity contribution in [3.63, 3.8) is 0 Å². The molecule has 1 aromatic heterocycles. The lowest BCUT2D eigenvalue weighted by Gasteiger charge is -2.10. The van der Waals surface area contributed by atoms with Gasteiger partial charge in [0.15, 0.2) is 0 Å². The van der Waals surface area contributed by atoms with Crippen LogP contribution in [0.3, 0.4) is 0 Å². The summed E-state index contributed by atoms with van der Waals surface area (Å²) in [6.07, 6.45) is -1.58. The van der Waals surface area contributed by atoms with Crippen LogP contribution in [0, 0.1) is 10.1 Å². The number of nitrogens with zero attached hydrogens (tertiary/aromatic N) is 3. The number of halogens is 2. The van der Waals surface area contributed by atoms with E-state index in [0.717, 1.165) is 22.9 Å². The van der Waals surface area contributed by atoms with Gasteiger partial charge in [-0.05, 0) is 6.07 Å². The van der Waals surface area contributed by atoms with E-state index in [1.165, 1.54) is 12.3 Å². The summed E-state index contributed by atoms with van der Waals surface area (Å²) in [6.45, 7) is -1.44. The number of hydrogen-bond donors (Lipinski definition) is 2. The second kappa shape index (κ2) is 8.00. The first-order valence-corrected chi connectivity index (χ1v) is 7.01. The zero-order chi connectivity index (χ0) is 19.3. The van der Waals surface area contributed by atoms with Gasteiger partial charge in [-0.2, -0.15) is 5.10 Å². The zero-order valence-corrected chi connectivity index (χ0v) is 13.0. The summed E-state index contributed by atoms with van der Waals surface area (Å²) >= 11 is 0. The van der Waals surface area contributed by atoms with Crippen LogP contribution in [0.2, 0.25) is 0 Å². The van der Waals surface area contributed by atoms with Crippen LogP contribution in [0.5, 0.6) is 5.75 Å². The molecule has 0 atom stereocenters. The third-order valence-corrected chi connectivity index (χ3v) is 2.99. The van der Waals surface area contributed by atoms with Gasteiger partial charge in [0.2, 0.25) is 5.91 Å². The maximum absolute atomic E-state index is 12.2. The Kier molecular flexibility index (Phi) is 5.78. The number of aromatic nitrogens is 2. The van der Waals surface area contributed by atoms with Gasteiger partial charge in [0.05, 0.1) is 16.7 Å². The topological polar surface area (TPSA) is 137 Å². The first kappa shape index (κ1) is 18.8. The number of rotatable bonds is 8. The Labute approximate surface area is 144 Å². The number of ether oxygens (including phenoxy) is 1. The Balaban J connectivity index is 2.16. The zero-order valence-electron chi connectivity index (χ0n) is 13.0. The van der Waals surface area contributed by atoms with Gasteiger partial charge >= 0.3 is 5.97 Å². The van der Waals surface area contributed by atoms with Gasteiger partial charge in [-0.25, -0.2) is 18.3 Å². The standard InChI is InChI=1S/C14H12F2N4O6/c15-12(16)7-26-10-4-8(3-9(5-10)20(24)25)18-13(21)6-19-11(14(22)23)1-2-17-19/h1-5,12H,6-7H2,(H,18,21)(H,22,23). The number of hydrogen-bond acceptors (Lipinski definition) is 6. The molecular formula is C14H12F2N4O6. The number of aromatic carboxylic acids is 1. The number of non-ortho nitro benzene ring substituents is 1. The molecule has 26 heavy (non-hydrogen) atoms. The van der Waals surface area contributed by atoms with Gasteiger partial charge in [-0.15, -0.1) is 0 Å². The van der Waals surface area contributed by atoms with Crippen molar-refractivity contribution in [2.45, 2.75) is 13.0 Å². The van der Waals surface area contributed by atoms with Crippen LogP contribution < -0.4 is 10.1 Å². The Morgan fingerprint density at radius 2 is 2.12 bits per heavy atom. The number of carbonyl (C=O) groups is 2. The van der Waals surface area contributed by atoms with Gasteiger partial charge in [-0.3, -0.25) is 14.9 Å². The van der Waals surface area contributed by atoms with E-state index in [0.29, 0.717) is 0 Å². The van der Waals surface area contributed by atoms with Gasteiger partial charge in [-0.1, -0.05) is 0 Å². The second-order valence-corrected chi connectivity index (χ2v) is 4.90. The number of nitro benzene ring substituents is 1. The number of nitrogens with one attached hydrogen (secondary N) is 1. The van der Waals surface area contributed by atoms with Crippen LogP contribution in [-0.2, 0) is 11.3 Å². The molecule has 0 aliphatic heterocycles. The fourth-order valence-electron chi connectivity index (χ4n) is 1.98. The molecule has 0 saturated carbocycles. The number of carbonyl (C=O) groups excluding carboxylic acids is 1. The molecule has 10 nitrogen and oxygen atoms in total.